The van der Waals surface area contributed by atoms with Crippen molar-refractivity contribution in [3.05, 3.63) is 155 Å². The minimum Gasteiger partial charge on any atom is -0.506 e. The normalized spacial score (nSPS) is 14.9. The average Bonchev–Trinajstić information content (AvgIpc) is 3.72. The molecule has 11 nitrogen and oxygen atoms in total. The van der Waals surface area contributed by atoms with Gasteiger partial charge in [0, 0.05) is 42.6 Å². The van der Waals surface area contributed by atoms with E-state index in [4.69, 9.17) is 19.4 Å². The quantitative estimate of drug-likeness (QED) is 0.123. The molecule has 0 spiro atoms. The summed E-state index contributed by atoms with van der Waals surface area (Å²) in [5.74, 6) is 1.99. The second-order valence-corrected chi connectivity index (χ2v) is 15.2. The van der Waals surface area contributed by atoms with E-state index in [1.807, 2.05) is 141 Å². The molecule has 3 N–H and O–H groups in total. The maximum absolute atomic E-state index is 14.0. The van der Waals surface area contributed by atoms with E-state index in [-0.39, 0.29) is 23.9 Å². The van der Waals surface area contributed by atoms with E-state index in [1.165, 1.54) is 12.4 Å². The molecule has 1 fully saturated rings. The van der Waals surface area contributed by atoms with Crippen LogP contribution in [0.15, 0.2) is 122 Å². The largest absolute Gasteiger partial charge is 0.506 e. The number of rotatable bonds is 9. The third-order valence-corrected chi connectivity index (χ3v) is 11.5. The Hall–Kier alpha value is -6.82. The fraction of sp³-hybridized carbons (Fsp3) is 0.188. The second-order valence-electron chi connectivity index (χ2n) is 15.2. The first kappa shape index (κ1) is 40.0. The predicted molar refractivity (Wildman–Crippen MR) is 236 cm³/mol. The SMILES string of the molecule is Cc1cccc(C)c1Oc1c(C2(c3c(Oc4c(C)cccc4C)n(-c4ccccc4)c4cc(O)cnc34)[C@H](C)NCCN2C=O)c2ncc(O)cc2n1-c1ccccc1.Cl. The number of para-hydroxylation sites is 4. The number of ether oxygens (including phenoxy) is 2. The summed E-state index contributed by atoms with van der Waals surface area (Å²) in [5.41, 5.74) is 6.88. The monoisotopic (exact) mass is 820 g/mol. The Labute approximate surface area is 353 Å². The minimum atomic E-state index is -1.47. The fourth-order valence-corrected chi connectivity index (χ4v) is 8.87. The van der Waals surface area contributed by atoms with Crippen molar-refractivity contribution in [3.63, 3.8) is 0 Å². The molecule has 0 saturated carbocycles. The summed E-state index contributed by atoms with van der Waals surface area (Å²) in [5, 5.41) is 26.0. The molecule has 1 aliphatic heterocycles. The van der Waals surface area contributed by atoms with Gasteiger partial charge in [0.05, 0.1) is 45.6 Å². The van der Waals surface area contributed by atoms with Gasteiger partial charge in [-0.05, 0) is 81.1 Å². The number of piperazine rings is 1. The number of benzene rings is 4. The van der Waals surface area contributed by atoms with Gasteiger partial charge in [0.2, 0.25) is 18.2 Å². The van der Waals surface area contributed by atoms with Gasteiger partial charge >= 0.3 is 0 Å². The van der Waals surface area contributed by atoms with E-state index in [2.05, 4.69) is 5.32 Å². The van der Waals surface area contributed by atoms with Crippen LogP contribution in [0, 0.1) is 27.7 Å². The highest BCUT2D eigenvalue weighted by atomic mass is 35.5. The smallest absolute Gasteiger partial charge is 0.213 e. The molecule has 8 aromatic rings. The fourth-order valence-electron chi connectivity index (χ4n) is 8.87. The zero-order valence-electron chi connectivity index (χ0n) is 33.9. The van der Waals surface area contributed by atoms with Gasteiger partial charge in [-0.15, -0.1) is 12.4 Å². The molecule has 1 amide bonds. The molecule has 4 aromatic heterocycles. The average molecular weight is 821 g/mol. The Balaban J connectivity index is 0.00000499. The van der Waals surface area contributed by atoms with Gasteiger partial charge in [0.15, 0.2) is 0 Å². The van der Waals surface area contributed by atoms with Gasteiger partial charge in [0.25, 0.3) is 0 Å². The lowest BCUT2D eigenvalue weighted by Crippen LogP contribution is -2.64. The molecule has 4 aromatic carbocycles. The van der Waals surface area contributed by atoms with Gasteiger partial charge < -0.3 is 29.9 Å². The topological polar surface area (TPSA) is 127 Å². The maximum Gasteiger partial charge on any atom is 0.213 e. The van der Waals surface area contributed by atoms with Crippen LogP contribution in [-0.4, -0.2) is 59.8 Å². The molecule has 0 radical (unpaired) electrons. The number of nitrogens with zero attached hydrogens (tertiary/aromatic N) is 5. The van der Waals surface area contributed by atoms with Gasteiger partial charge in [-0.1, -0.05) is 72.8 Å². The molecule has 1 saturated heterocycles. The van der Waals surface area contributed by atoms with E-state index in [0.717, 1.165) is 40.0 Å². The van der Waals surface area contributed by atoms with Crippen molar-refractivity contribution in [2.75, 3.05) is 13.1 Å². The summed E-state index contributed by atoms with van der Waals surface area (Å²) >= 11 is 0. The van der Waals surface area contributed by atoms with Crippen molar-refractivity contribution >= 4 is 40.9 Å². The van der Waals surface area contributed by atoms with E-state index in [9.17, 15) is 15.0 Å². The molecule has 304 valence electrons. The molecule has 12 heteroatoms. The molecular weight excluding hydrogens is 776 g/mol. The van der Waals surface area contributed by atoms with Crippen molar-refractivity contribution in [2.45, 2.75) is 46.2 Å². The van der Waals surface area contributed by atoms with E-state index in [0.29, 0.717) is 69.5 Å². The number of fused-ring (bicyclic) bond motifs is 2. The summed E-state index contributed by atoms with van der Waals surface area (Å²) in [4.78, 5) is 25.8. The number of halogens is 1. The zero-order valence-corrected chi connectivity index (χ0v) is 34.7. The number of hydrogen-bond acceptors (Lipinski definition) is 8. The molecule has 0 unspecified atom stereocenters. The number of nitrogens with one attached hydrogen (secondary N) is 1. The van der Waals surface area contributed by atoms with Crippen molar-refractivity contribution in [1.29, 1.82) is 0 Å². The van der Waals surface area contributed by atoms with Crippen LogP contribution in [0.2, 0.25) is 0 Å². The molecule has 9 rings (SSSR count). The lowest BCUT2D eigenvalue weighted by molar-refractivity contribution is -0.125. The summed E-state index contributed by atoms with van der Waals surface area (Å²) in [6.45, 7) is 10.8. The number of aryl methyl sites for hydroxylation is 4. The van der Waals surface area contributed by atoms with Crippen molar-refractivity contribution in [3.8, 4) is 46.1 Å². The third kappa shape index (κ3) is 6.29. The highest BCUT2D eigenvalue weighted by molar-refractivity contribution is 5.94. The highest BCUT2D eigenvalue weighted by Crippen LogP contribution is 2.56. The summed E-state index contributed by atoms with van der Waals surface area (Å²) in [7, 11) is 0. The van der Waals surface area contributed by atoms with Crippen molar-refractivity contribution in [1.82, 2.24) is 29.3 Å². The maximum atomic E-state index is 14.0. The van der Waals surface area contributed by atoms with Crippen LogP contribution >= 0.6 is 12.4 Å². The lowest BCUT2D eigenvalue weighted by atomic mass is 9.75. The number of carbonyl (C=O) groups excluding carboxylic acids is 1. The Bertz CT molecular complexity index is 2670. The van der Waals surface area contributed by atoms with Crippen LogP contribution in [0.5, 0.6) is 34.8 Å². The molecule has 0 aliphatic carbocycles. The number of pyridine rings is 2. The third-order valence-electron chi connectivity index (χ3n) is 11.5. The van der Waals surface area contributed by atoms with Crippen LogP contribution in [0.4, 0.5) is 0 Å². The molecule has 1 aliphatic rings. The summed E-state index contributed by atoms with van der Waals surface area (Å²) in [6.07, 6.45) is 3.71. The second kappa shape index (κ2) is 15.7. The molecular formula is C48H45ClN6O5. The Morgan fingerprint density at radius 2 is 1.08 bits per heavy atom. The predicted octanol–water partition coefficient (Wildman–Crippen LogP) is 9.71. The van der Waals surface area contributed by atoms with Gasteiger partial charge in [-0.3, -0.25) is 23.9 Å². The number of amides is 1. The van der Waals surface area contributed by atoms with E-state index in [1.54, 1.807) is 17.0 Å². The number of aromatic nitrogens is 4. The van der Waals surface area contributed by atoms with E-state index < -0.39 is 11.6 Å². The lowest BCUT2D eigenvalue weighted by Gasteiger charge is -2.50. The van der Waals surface area contributed by atoms with Crippen molar-refractivity contribution in [2.24, 2.45) is 0 Å². The molecule has 60 heavy (non-hydrogen) atoms. The van der Waals surface area contributed by atoms with Crippen LogP contribution in [0.1, 0.15) is 40.3 Å². The van der Waals surface area contributed by atoms with Crippen LogP contribution in [-0.2, 0) is 10.3 Å². The first-order valence-corrected chi connectivity index (χ1v) is 19.7. The molecule has 5 heterocycles. The number of carbonyl (C=O) groups is 1. The van der Waals surface area contributed by atoms with Crippen LogP contribution in [0.25, 0.3) is 33.4 Å². The Morgan fingerprint density at radius 1 is 0.667 bits per heavy atom. The molecule has 1 atom stereocenters. The zero-order chi connectivity index (χ0) is 41.0. The summed E-state index contributed by atoms with van der Waals surface area (Å²) in [6, 6.07) is 34.3. The van der Waals surface area contributed by atoms with Gasteiger partial charge in [-0.2, -0.15) is 0 Å². The van der Waals surface area contributed by atoms with Gasteiger partial charge in [0.1, 0.15) is 28.5 Å². The number of hydrogen-bond donors (Lipinski definition) is 3. The number of aromatic hydroxyl groups is 2. The Morgan fingerprint density at radius 3 is 1.48 bits per heavy atom. The first-order valence-electron chi connectivity index (χ1n) is 19.7. The van der Waals surface area contributed by atoms with E-state index >= 15 is 0 Å². The highest BCUT2D eigenvalue weighted by Gasteiger charge is 2.56. The van der Waals surface area contributed by atoms with Crippen LogP contribution in [0.3, 0.4) is 0 Å². The summed E-state index contributed by atoms with van der Waals surface area (Å²) < 4.78 is 18.5. The van der Waals surface area contributed by atoms with Gasteiger partial charge in [-0.25, -0.2) is 0 Å². The minimum absolute atomic E-state index is 0. The standard InChI is InChI=1S/C48H44N6O5.ClH/c1-29-14-12-15-30(2)44(29)58-46-40(42-38(24-36(56)26-50-42)53(46)34-18-8-6-9-19-34)48(33(5)49-22-23-52(48)28-55)41-43-39(25-37(57)27-51-43)54(35-20-10-7-11-21-35)47(41)59-45-31(3)16-13-17-32(45)4;/h6-21,24-28,33,49,56-57H,22-23H2,1-5H3;1H/t33-;/m0./s1. The van der Waals surface area contributed by atoms with Crippen molar-refractivity contribution < 1.29 is 24.5 Å². The Kier molecular flexibility index (Phi) is 10.5. The molecule has 0 bridgehead atoms. The van der Waals surface area contributed by atoms with Crippen LogP contribution < -0.4 is 14.8 Å². The first-order chi connectivity index (χ1) is 28.6.